The van der Waals surface area contributed by atoms with Crippen LogP contribution in [0, 0.1) is 5.92 Å². The van der Waals surface area contributed by atoms with Crippen LogP contribution in [0.5, 0.6) is 5.75 Å². The van der Waals surface area contributed by atoms with Gasteiger partial charge in [0.05, 0.1) is 13.2 Å². The van der Waals surface area contributed by atoms with Crippen molar-refractivity contribution in [2.45, 2.75) is 44.2 Å². The van der Waals surface area contributed by atoms with Crippen LogP contribution in [0.3, 0.4) is 0 Å². The van der Waals surface area contributed by atoms with Crippen LogP contribution in [0.15, 0.2) is 24.3 Å². The molecular formula is C18H27NO2. The average molecular weight is 289 g/mol. The van der Waals surface area contributed by atoms with Gasteiger partial charge in [-0.1, -0.05) is 18.6 Å². The highest BCUT2D eigenvalue weighted by Crippen LogP contribution is 2.31. The molecule has 1 aliphatic carbocycles. The van der Waals surface area contributed by atoms with Gasteiger partial charge in [-0.3, -0.25) is 4.90 Å². The number of methoxy groups -OCH3 is 2. The highest BCUT2D eigenvalue weighted by molar-refractivity contribution is 5.27. The van der Waals surface area contributed by atoms with E-state index in [4.69, 9.17) is 9.47 Å². The van der Waals surface area contributed by atoms with Crippen LogP contribution in [-0.2, 0) is 11.2 Å². The molecule has 0 amide bonds. The van der Waals surface area contributed by atoms with E-state index in [9.17, 15) is 0 Å². The zero-order valence-electron chi connectivity index (χ0n) is 13.3. The number of piperidine rings is 1. The van der Waals surface area contributed by atoms with Gasteiger partial charge in [0.15, 0.2) is 0 Å². The quantitative estimate of drug-likeness (QED) is 0.831. The van der Waals surface area contributed by atoms with Crippen LogP contribution >= 0.6 is 0 Å². The molecule has 2 atom stereocenters. The Hall–Kier alpha value is -1.06. The molecule has 0 unspecified atom stereocenters. The second-order valence-electron chi connectivity index (χ2n) is 6.45. The van der Waals surface area contributed by atoms with Crippen LogP contribution in [0.4, 0.5) is 0 Å². The SMILES string of the molecule is COc1ccc(C[C@H]2CN(C3CCC3)CC[C@H]2OC)cc1. The van der Waals surface area contributed by atoms with Crippen molar-refractivity contribution in [3.8, 4) is 5.75 Å². The van der Waals surface area contributed by atoms with E-state index >= 15 is 0 Å². The van der Waals surface area contributed by atoms with Gasteiger partial charge in [-0.25, -0.2) is 0 Å². The smallest absolute Gasteiger partial charge is 0.118 e. The van der Waals surface area contributed by atoms with Crippen molar-refractivity contribution >= 4 is 0 Å². The normalized spacial score (nSPS) is 27.3. The van der Waals surface area contributed by atoms with Crippen molar-refractivity contribution < 1.29 is 9.47 Å². The highest BCUT2D eigenvalue weighted by Gasteiger charge is 2.34. The summed E-state index contributed by atoms with van der Waals surface area (Å²) in [5.41, 5.74) is 1.39. The van der Waals surface area contributed by atoms with Crippen molar-refractivity contribution in [1.82, 2.24) is 4.90 Å². The second-order valence-corrected chi connectivity index (χ2v) is 6.45. The van der Waals surface area contributed by atoms with Gasteiger partial charge in [-0.05, 0) is 43.4 Å². The molecule has 116 valence electrons. The van der Waals surface area contributed by atoms with Gasteiger partial charge in [0.1, 0.15) is 5.75 Å². The Bertz CT molecular complexity index is 441. The fraction of sp³-hybridized carbons (Fsp3) is 0.667. The van der Waals surface area contributed by atoms with Gasteiger partial charge in [-0.2, -0.15) is 0 Å². The molecule has 2 aliphatic rings. The van der Waals surface area contributed by atoms with E-state index in [-0.39, 0.29) is 0 Å². The van der Waals surface area contributed by atoms with Gasteiger partial charge in [0, 0.05) is 32.2 Å². The molecule has 0 spiro atoms. The van der Waals surface area contributed by atoms with Crippen molar-refractivity contribution in [3.05, 3.63) is 29.8 Å². The number of rotatable bonds is 5. The minimum atomic E-state index is 0.406. The van der Waals surface area contributed by atoms with Gasteiger partial charge in [-0.15, -0.1) is 0 Å². The molecule has 3 rings (SSSR count). The van der Waals surface area contributed by atoms with Crippen LogP contribution in [-0.4, -0.2) is 44.4 Å². The first-order chi connectivity index (χ1) is 10.3. The van der Waals surface area contributed by atoms with Crippen LogP contribution in [0.25, 0.3) is 0 Å². The first kappa shape index (κ1) is 14.9. The average Bonchev–Trinajstić information content (AvgIpc) is 2.47. The Balaban J connectivity index is 1.64. The topological polar surface area (TPSA) is 21.7 Å². The molecule has 1 heterocycles. The summed E-state index contributed by atoms with van der Waals surface area (Å²) in [6.07, 6.45) is 6.89. The lowest BCUT2D eigenvalue weighted by molar-refractivity contribution is -0.0292. The summed E-state index contributed by atoms with van der Waals surface area (Å²) in [6, 6.07) is 9.34. The molecule has 0 radical (unpaired) electrons. The molecule has 1 aliphatic heterocycles. The number of hydrogen-bond acceptors (Lipinski definition) is 3. The molecule has 21 heavy (non-hydrogen) atoms. The Morgan fingerprint density at radius 3 is 2.43 bits per heavy atom. The molecule has 1 saturated carbocycles. The highest BCUT2D eigenvalue weighted by atomic mass is 16.5. The van der Waals surface area contributed by atoms with Crippen molar-refractivity contribution in [1.29, 1.82) is 0 Å². The van der Waals surface area contributed by atoms with Crippen molar-refractivity contribution in [3.63, 3.8) is 0 Å². The van der Waals surface area contributed by atoms with Crippen LogP contribution in [0.1, 0.15) is 31.2 Å². The monoisotopic (exact) mass is 289 g/mol. The number of benzene rings is 1. The van der Waals surface area contributed by atoms with Crippen LogP contribution in [0.2, 0.25) is 0 Å². The Kier molecular flexibility index (Phi) is 4.81. The van der Waals surface area contributed by atoms with E-state index in [1.54, 1.807) is 7.11 Å². The number of ether oxygens (including phenoxy) is 2. The number of nitrogens with zero attached hydrogens (tertiary/aromatic N) is 1. The van der Waals surface area contributed by atoms with E-state index in [0.717, 1.165) is 18.2 Å². The molecule has 2 fully saturated rings. The molecule has 0 N–H and O–H groups in total. The first-order valence-electron chi connectivity index (χ1n) is 8.20. The standard InChI is InChI=1S/C18H27NO2/c1-20-17-8-6-14(7-9-17)12-15-13-19(16-4-3-5-16)11-10-18(15)21-2/h6-9,15-16,18H,3-5,10-13H2,1-2H3/t15-,18+/m0/s1. The largest absolute Gasteiger partial charge is 0.497 e. The van der Waals surface area contributed by atoms with Gasteiger partial charge in [0.25, 0.3) is 0 Å². The van der Waals surface area contributed by atoms with Crippen molar-refractivity contribution in [2.24, 2.45) is 5.92 Å². The minimum absolute atomic E-state index is 0.406. The molecule has 0 aromatic heterocycles. The van der Waals surface area contributed by atoms with E-state index in [2.05, 4.69) is 29.2 Å². The Morgan fingerprint density at radius 1 is 1.10 bits per heavy atom. The first-order valence-corrected chi connectivity index (χ1v) is 8.20. The fourth-order valence-electron chi connectivity index (χ4n) is 3.69. The van der Waals surface area contributed by atoms with E-state index < -0.39 is 0 Å². The summed E-state index contributed by atoms with van der Waals surface area (Å²) < 4.78 is 11.0. The lowest BCUT2D eigenvalue weighted by Crippen LogP contribution is -2.51. The van der Waals surface area contributed by atoms with Gasteiger partial charge >= 0.3 is 0 Å². The third kappa shape index (κ3) is 3.41. The predicted molar refractivity (Wildman–Crippen MR) is 84.8 cm³/mol. The van der Waals surface area contributed by atoms with Gasteiger partial charge < -0.3 is 9.47 Å². The molecule has 1 aromatic carbocycles. The van der Waals surface area contributed by atoms with E-state index in [0.29, 0.717) is 12.0 Å². The fourth-order valence-corrected chi connectivity index (χ4v) is 3.69. The maximum absolute atomic E-state index is 5.75. The number of likely N-dealkylation sites (tertiary alicyclic amines) is 1. The zero-order chi connectivity index (χ0) is 14.7. The summed E-state index contributed by atoms with van der Waals surface area (Å²) >= 11 is 0. The summed E-state index contributed by atoms with van der Waals surface area (Å²) in [6.45, 7) is 2.40. The van der Waals surface area contributed by atoms with Gasteiger partial charge in [0.2, 0.25) is 0 Å². The Labute approximate surface area is 128 Å². The molecule has 3 nitrogen and oxygen atoms in total. The molecule has 1 aromatic rings. The summed E-state index contributed by atoms with van der Waals surface area (Å²) in [5.74, 6) is 1.54. The Morgan fingerprint density at radius 2 is 1.86 bits per heavy atom. The molecule has 0 bridgehead atoms. The van der Waals surface area contributed by atoms with Crippen molar-refractivity contribution in [2.75, 3.05) is 27.3 Å². The molecule has 3 heteroatoms. The summed E-state index contributed by atoms with van der Waals surface area (Å²) in [4.78, 5) is 2.70. The third-order valence-corrected chi connectivity index (χ3v) is 5.25. The lowest BCUT2D eigenvalue weighted by Gasteiger charge is -2.45. The second kappa shape index (κ2) is 6.80. The predicted octanol–water partition coefficient (Wildman–Crippen LogP) is 3.13. The molecular weight excluding hydrogens is 262 g/mol. The minimum Gasteiger partial charge on any atom is -0.497 e. The van der Waals surface area contributed by atoms with E-state index in [1.807, 2.05) is 7.11 Å². The third-order valence-electron chi connectivity index (χ3n) is 5.25. The number of hydrogen-bond donors (Lipinski definition) is 0. The molecule has 1 saturated heterocycles. The zero-order valence-corrected chi connectivity index (χ0v) is 13.3. The summed E-state index contributed by atoms with van der Waals surface area (Å²) in [7, 11) is 3.58. The maximum Gasteiger partial charge on any atom is 0.118 e. The maximum atomic E-state index is 5.75. The lowest BCUT2D eigenvalue weighted by atomic mass is 9.84. The van der Waals surface area contributed by atoms with Crippen LogP contribution < -0.4 is 4.74 Å². The summed E-state index contributed by atoms with van der Waals surface area (Å²) in [5, 5.41) is 0. The van der Waals surface area contributed by atoms with E-state index in [1.165, 1.54) is 44.3 Å².